The number of aryl methyl sites for hydroxylation is 1. The van der Waals surface area contributed by atoms with Crippen LogP contribution in [0.4, 0.5) is 5.13 Å². The number of thiazole rings is 1. The molecule has 0 radical (unpaired) electrons. The van der Waals surface area contributed by atoms with E-state index in [1.54, 1.807) is 30.2 Å². The maximum absolute atomic E-state index is 11.2. The SMILES string of the molecule is C/C=C(/C)N=CC(C)CC.CCNC(=O)c1ccn(NC)c1.Cc1cccc(-c2csc(NC=O)n2)c1. The Bertz CT molecular complexity index is 1150. The first-order valence-electron chi connectivity index (χ1n) is 12.3. The number of carbonyl (C=O) groups excluding carboxylic acids is 2. The van der Waals surface area contributed by atoms with Crippen molar-refractivity contribution in [2.45, 2.75) is 48.0 Å². The molecule has 2 heterocycles. The Morgan fingerprint density at radius 3 is 2.59 bits per heavy atom. The fraction of sp³-hybridized carbons (Fsp3) is 0.357. The van der Waals surface area contributed by atoms with Crippen molar-refractivity contribution >= 4 is 35.0 Å². The van der Waals surface area contributed by atoms with Gasteiger partial charge in [-0.15, -0.1) is 11.3 Å². The molecule has 2 amide bonds. The first-order valence-corrected chi connectivity index (χ1v) is 13.2. The van der Waals surface area contributed by atoms with Crippen LogP contribution >= 0.6 is 11.3 Å². The quantitative estimate of drug-likeness (QED) is 0.232. The van der Waals surface area contributed by atoms with Crippen LogP contribution in [0.5, 0.6) is 0 Å². The molecule has 0 aliphatic heterocycles. The van der Waals surface area contributed by atoms with Crippen molar-refractivity contribution in [3.63, 3.8) is 0 Å². The highest BCUT2D eigenvalue weighted by Crippen LogP contribution is 2.24. The first-order chi connectivity index (χ1) is 17.8. The zero-order valence-electron chi connectivity index (χ0n) is 22.9. The van der Waals surface area contributed by atoms with Gasteiger partial charge >= 0.3 is 0 Å². The van der Waals surface area contributed by atoms with Crippen molar-refractivity contribution in [3.8, 4) is 11.3 Å². The molecule has 1 atom stereocenters. The van der Waals surface area contributed by atoms with Gasteiger partial charge in [0, 0.05) is 48.8 Å². The summed E-state index contributed by atoms with van der Waals surface area (Å²) in [6.07, 6.45) is 9.36. The Labute approximate surface area is 224 Å². The van der Waals surface area contributed by atoms with Crippen LogP contribution < -0.4 is 16.1 Å². The second-order valence-corrected chi connectivity index (χ2v) is 9.01. The van der Waals surface area contributed by atoms with Gasteiger partial charge in [0.1, 0.15) is 0 Å². The summed E-state index contributed by atoms with van der Waals surface area (Å²) in [5.41, 5.74) is 7.82. The molecule has 200 valence electrons. The average Bonchev–Trinajstić information content (AvgIpc) is 3.58. The molecule has 3 rings (SSSR count). The van der Waals surface area contributed by atoms with Crippen LogP contribution in [-0.4, -0.2) is 41.8 Å². The Hall–Kier alpha value is -3.72. The molecule has 0 aliphatic rings. The molecule has 37 heavy (non-hydrogen) atoms. The largest absolute Gasteiger partial charge is 0.352 e. The number of aromatic nitrogens is 2. The van der Waals surface area contributed by atoms with Gasteiger partial charge in [0.05, 0.1) is 11.3 Å². The summed E-state index contributed by atoms with van der Waals surface area (Å²) in [4.78, 5) is 30.0. The summed E-state index contributed by atoms with van der Waals surface area (Å²) in [6, 6.07) is 9.88. The number of amides is 2. The smallest absolute Gasteiger partial charge is 0.252 e. The molecule has 9 heteroatoms. The van der Waals surface area contributed by atoms with E-state index < -0.39 is 0 Å². The van der Waals surface area contributed by atoms with Crippen molar-refractivity contribution in [1.29, 1.82) is 0 Å². The molecule has 1 aromatic carbocycles. The highest BCUT2D eigenvalue weighted by molar-refractivity contribution is 7.14. The normalized spacial score (nSPS) is 11.5. The Morgan fingerprint density at radius 1 is 1.27 bits per heavy atom. The fourth-order valence-electron chi connectivity index (χ4n) is 2.68. The van der Waals surface area contributed by atoms with Gasteiger partial charge < -0.3 is 16.1 Å². The average molecular weight is 525 g/mol. The Kier molecular flexibility index (Phi) is 15.0. The lowest BCUT2D eigenvalue weighted by molar-refractivity contribution is -0.105. The van der Waals surface area contributed by atoms with E-state index in [9.17, 15) is 9.59 Å². The standard InChI is InChI=1S/C11H10N2OS.C9H17N.C8H13N3O/c1-8-3-2-4-9(5-8)10-6-15-11(13-10)12-7-14;1-5-8(3)7-10-9(4)6-2;1-3-10-8(12)7-4-5-11(6-7)9-2/h2-7H,1H3,(H,12,13,14);6-8H,5H2,1-4H3;4-6,9H,3H2,1-2H3,(H,10,12)/b;9-6-,10-7?;. The summed E-state index contributed by atoms with van der Waals surface area (Å²) in [6.45, 7) is 13.0. The Balaban J connectivity index is 0.000000285. The van der Waals surface area contributed by atoms with E-state index in [2.05, 4.69) is 45.9 Å². The van der Waals surface area contributed by atoms with E-state index in [-0.39, 0.29) is 5.91 Å². The molecule has 0 saturated heterocycles. The third-order valence-corrected chi connectivity index (χ3v) is 5.92. The van der Waals surface area contributed by atoms with Gasteiger partial charge in [-0.1, -0.05) is 43.7 Å². The lowest BCUT2D eigenvalue weighted by Gasteiger charge is -1.99. The topological polar surface area (TPSA) is 100 Å². The number of allylic oxidation sites excluding steroid dienone is 2. The molecule has 0 aliphatic carbocycles. The zero-order chi connectivity index (χ0) is 27.6. The van der Waals surface area contributed by atoms with Gasteiger partial charge in [0.15, 0.2) is 5.13 Å². The van der Waals surface area contributed by atoms with Gasteiger partial charge in [-0.05, 0) is 52.2 Å². The predicted molar refractivity (Wildman–Crippen MR) is 157 cm³/mol. The summed E-state index contributed by atoms with van der Waals surface area (Å²) in [7, 11) is 1.79. The fourth-order valence-corrected chi connectivity index (χ4v) is 3.36. The maximum atomic E-state index is 11.2. The van der Waals surface area contributed by atoms with Crippen molar-refractivity contribution in [2.75, 3.05) is 24.3 Å². The highest BCUT2D eigenvalue weighted by atomic mass is 32.1. The summed E-state index contributed by atoms with van der Waals surface area (Å²) in [5, 5.41) is 7.82. The van der Waals surface area contributed by atoms with Crippen LogP contribution in [0.3, 0.4) is 0 Å². The van der Waals surface area contributed by atoms with E-state index in [0.29, 0.717) is 29.6 Å². The minimum absolute atomic E-state index is 0.0356. The van der Waals surface area contributed by atoms with Gasteiger partial charge in [-0.25, -0.2) is 4.98 Å². The first kappa shape index (κ1) is 31.3. The number of benzene rings is 1. The van der Waals surface area contributed by atoms with Gasteiger partial charge in [-0.3, -0.25) is 19.3 Å². The van der Waals surface area contributed by atoms with Crippen molar-refractivity contribution < 1.29 is 9.59 Å². The Morgan fingerprint density at radius 2 is 2.03 bits per heavy atom. The lowest BCUT2D eigenvalue weighted by atomic mass is 10.1. The molecule has 2 aromatic heterocycles. The predicted octanol–water partition coefficient (Wildman–Crippen LogP) is 6.12. The second-order valence-electron chi connectivity index (χ2n) is 8.15. The van der Waals surface area contributed by atoms with Crippen LogP contribution in [0.15, 0.2) is 64.9 Å². The number of hydrogen-bond acceptors (Lipinski definition) is 6. The van der Waals surface area contributed by atoms with Crippen LogP contribution in [0.1, 0.15) is 57.0 Å². The van der Waals surface area contributed by atoms with Crippen LogP contribution in [0.2, 0.25) is 0 Å². The molecule has 0 saturated carbocycles. The molecule has 3 aromatic rings. The number of rotatable bonds is 9. The molecule has 8 nitrogen and oxygen atoms in total. The third-order valence-electron chi connectivity index (χ3n) is 5.15. The number of anilines is 1. The minimum atomic E-state index is -0.0356. The van der Waals surface area contributed by atoms with E-state index in [0.717, 1.165) is 17.0 Å². The minimum Gasteiger partial charge on any atom is -0.352 e. The van der Waals surface area contributed by atoms with Crippen molar-refractivity contribution in [2.24, 2.45) is 10.9 Å². The number of nitrogens with zero attached hydrogens (tertiary/aromatic N) is 3. The van der Waals surface area contributed by atoms with Gasteiger partial charge in [0.25, 0.3) is 5.91 Å². The highest BCUT2D eigenvalue weighted by Gasteiger charge is 2.04. The lowest BCUT2D eigenvalue weighted by Crippen LogP contribution is -2.22. The molecular weight excluding hydrogens is 484 g/mol. The molecule has 0 spiro atoms. The number of hydrogen-bond donors (Lipinski definition) is 3. The number of nitrogens with one attached hydrogen (secondary N) is 3. The van der Waals surface area contributed by atoms with E-state index >= 15 is 0 Å². The molecular formula is C28H40N6O2S. The van der Waals surface area contributed by atoms with E-state index in [4.69, 9.17) is 0 Å². The molecule has 0 fully saturated rings. The third kappa shape index (κ3) is 12.2. The molecule has 0 bridgehead atoms. The summed E-state index contributed by atoms with van der Waals surface area (Å²) >= 11 is 1.42. The van der Waals surface area contributed by atoms with Gasteiger partial charge in [-0.2, -0.15) is 0 Å². The molecule has 3 N–H and O–H groups in total. The van der Waals surface area contributed by atoms with Crippen molar-refractivity contribution in [1.82, 2.24) is 15.0 Å². The second kappa shape index (κ2) is 17.7. The van der Waals surface area contributed by atoms with E-state index in [1.165, 1.54) is 23.3 Å². The monoisotopic (exact) mass is 524 g/mol. The number of carbonyl (C=O) groups is 2. The van der Waals surface area contributed by atoms with Crippen molar-refractivity contribution in [3.05, 3.63) is 71.0 Å². The number of aliphatic imine (C=N–C) groups is 1. The van der Waals surface area contributed by atoms with Crippen LogP contribution in [0, 0.1) is 12.8 Å². The van der Waals surface area contributed by atoms with Crippen LogP contribution in [-0.2, 0) is 4.79 Å². The zero-order valence-corrected chi connectivity index (χ0v) is 23.7. The van der Waals surface area contributed by atoms with E-state index in [1.807, 2.05) is 63.6 Å². The summed E-state index contributed by atoms with van der Waals surface area (Å²) in [5.74, 6) is 0.571. The molecule has 1 unspecified atom stereocenters. The summed E-state index contributed by atoms with van der Waals surface area (Å²) < 4.78 is 1.73. The van der Waals surface area contributed by atoms with Crippen LogP contribution in [0.25, 0.3) is 11.3 Å². The maximum Gasteiger partial charge on any atom is 0.252 e. The van der Waals surface area contributed by atoms with Gasteiger partial charge in [0.2, 0.25) is 6.41 Å².